The van der Waals surface area contributed by atoms with Crippen molar-refractivity contribution >= 4 is 33.3 Å². The molecule has 0 fully saturated rings. The van der Waals surface area contributed by atoms with Gasteiger partial charge in [0.25, 0.3) is 5.91 Å². The predicted molar refractivity (Wildman–Crippen MR) is 73.8 cm³/mol. The van der Waals surface area contributed by atoms with Gasteiger partial charge in [0.05, 0.1) is 9.92 Å². The second kappa shape index (κ2) is 6.23. The molecule has 1 aromatic carbocycles. The second-order valence-corrected chi connectivity index (χ2v) is 6.52. The SMILES string of the molecule is CCN(CC(=O)O)C(=O)c1ccc(Cl)c(S(C)(=O)=O)c1. The van der Waals surface area contributed by atoms with Crippen molar-refractivity contribution in [1.29, 1.82) is 0 Å². The minimum Gasteiger partial charge on any atom is -0.480 e. The minimum absolute atomic E-state index is 0.0188. The number of sulfone groups is 1. The van der Waals surface area contributed by atoms with E-state index in [9.17, 15) is 18.0 Å². The van der Waals surface area contributed by atoms with Gasteiger partial charge in [0.15, 0.2) is 9.84 Å². The van der Waals surface area contributed by atoms with Gasteiger partial charge in [0.1, 0.15) is 6.54 Å². The summed E-state index contributed by atoms with van der Waals surface area (Å²) in [4.78, 5) is 23.7. The maximum Gasteiger partial charge on any atom is 0.323 e. The first-order valence-electron chi connectivity index (χ1n) is 5.67. The normalized spacial score (nSPS) is 11.2. The summed E-state index contributed by atoms with van der Waals surface area (Å²) in [6.45, 7) is 1.38. The van der Waals surface area contributed by atoms with Gasteiger partial charge >= 0.3 is 5.97 Å². The average Bonchev–Trinajstić information content (AvgIpc) is 2.34. The number of rotatable bonds is 5. The smallest absolute Gasteiger partial charge is 0.323 e. The third-order valence-corrected chi connectivity index (χ3v) is 4.15. The maximum absolute atomic E-state index is 12.1. The molecule has 20 heavy (non-hydrogen) atoms. The van der Waals surface area contributed by atoms with Gasteiger partial charge < -0.3 is 10.0 Å². The number of nitrogens with zero attached hydrogens (tertiary/aromatic N) is 1. The van der Waals surface area contributed by atoms with E-state index in [1.807, 2.05) is 0 Å². The van der Waals surface area contributed by atoms with E-state index >= 15 is 0 Å². The van der Waals surface area contributed by atoms with Crippen LogP contribution in [0.25, 0.3) is 0 Å². The predicted octanol–water partition coefficient (Wildman–Crippen LogP) is 1.29. The molecular weight excluding hydrogens is 306 g/mol. The molecule has 0 atom stereocenters. The van der Waals surface area contributed by atoms with Crippen LogP contribution < -0.4 is 0 Å². The van der Waals surface area contributed by atoms with Crippen LogP contribution in [-0.4, -0.2) is 49.6 Å². The highest BCUT2D eigenvalue weighted by atomic mass is 35.5. The lowest BCUT2D eigenvalue weighted by atomic mass is 10.2. The molecule has 0 bridgehead atoms. The Labute approximate surface area is 121 Å². The first-order valence-corrected chi connectivity index (χ1v) is 7.94. The zero-order chi connectivity index (χ0) is 15.5. The second-order valence-electron chi connectivity index (χ2n) is 4.13. The van der Waals surface area contributed by atoms with Crippen molar-refractivity contribution in [1.82, 2.24) is 4.90 Å². The van der Waals surface area contributed by atoms with E-state index in [-0.39, 0.29) is 22.0 Å². The van der Waals surface area contributed by atoms with Crippen LogP contribution in [0.5, 0.6) is 0 Å². The van der Waals surface area contributed by atoms with Gasteiger partial charge in [0, 0.05) is 18.4 Å². The van der Waals surface area contributed by atoms with Gasteiger partial charge in [-0.15, -0.1) is 0 Å². The van der Waals surface area contributed by atoms with Crippen LogP contribution in [0.3, 0.4) is 0 Å². The fourth-order valence-electron chi connectivity index (χ4n) is 1.59. The van der Waals surface area contributed by atoms with Crippen LogP contribution in [0.1, 0.15) is 17.3 Å². The molecule has 0 heterocycles. The van der Waals surface area contributed by atoms with Crippen LogP contribution in [0.4, 0.5) is 0 Å². The fraction of sp³-hybridized carbons (Fsp3) is 0.333. The fourth-order valence-corrected chi connectivity index (χ4v) is 2.89. The quantitative estimate of drug-likeness (QED) is 0.883. The number of carboxylic acid groups (broad SMARTS) is 1. The molecule has 0 aromatic heterocycles. The standard InChI is InChI=1S/C12H14ClNO5S/c1-3-14(7-11(15)16)12(17)8-4-5-9(13)10(6-8)20(2,18)19/h4-6H,3,7H2,1-2H3,(H,15,16). The Bertz CT molecular complexity index is 641. The number of hydrogen-bond acceptors (Lipinski definition) is 4. The Morgan fingerprint density at radius 3 is 2.40 bits per heavy atom. The summed E-state index contributed by atoms with van der Waals surface area (Å²) in [7, 11) is -3.56. The van der Waals surface area contributed by atoms with Crippen molar-refractivity contribution < 1.29 is 23.1 Å². The molecule has 1 rings (SSSR count). The molecule has 0 saturated carbocycles. The maximum atomic E-state index is 12.1. The summed E-state index contributed by atoms with van der Waals surface area (Å²) in [5, 5.41) is 8.75. The van der Waals surface area contributed by atoms with Crippen molar-refractivity contribution in [2.75, 3.05) is 19.3 Å². The van der Waals surface area contributed by atoms with Crippen LogP contribution in [0.15, 0.2) is 23.1 Å². The number of benzene rings is 1. The van der Waals surface area contributed by atoms with E-state index in [0.717, 1.165) is 17.2 Å². The molecule has 0 spiro atoms. The summed E-state index contributed by atoms with van der Waals surface area (Å²) < 4.78 is 23.1. The zero-order valence-corrected chi connectivity index (χ0v) is 12.5. The van der Waals surface area contributed by atoms with E-state index in [2.05, 4.69) is 0 Å². The van der Waals surface area contributed by atoms with Crippen LogP contribution in [0.2, 0.25) is 5.02 Å². The summed E-state index contributed by atoms with van der Waals surface area (Å²) in [6, 6.07) is 3.83. The number of amides is 1. The summed E-state index contributed by atoms with van der Waals surface area (Å²) in [5.41, 5.74) is 0.0814. The van der Waals surface area contributed by atoms with E-state index in [1.54, 1.807) is 6.92 Å². The van der Waals surface area contributed by atoms with Crippen LogP contribution >= 0.6 is 11.6 Å². The lowest BCUT2D eigenvalue weighted by Crippen LogP contribution is -2.35. The van der Waals surface area contributed by atoms with Gasteiger partial charge in [-0.1, -0.05) is 11.6 Å². The number of likely N-dealkylation sites (N-methyl/N-ethyl adjacent to an activating group) is 1. The van der Waals surface area contributed by atoms with Gasteiger partial charge in [-0.05, 0) is 25.1 Å². The number of aliphatic carboxylic acids is 1. The zero-order valence-electron chi connectivity index (χ0n) is 11.0. The Balaban J connectivity index is 3.20. The molecule has 0 saturated heterocycles. The van der Waals surface area contributed by atoms with E-state index in [1.165, 1.54) is 12.1 Å². The van der Waals surface area contributed by atoms with Gasteiger partial charge in [0.2, 0.25) is 0 Å². The van der Waals surface area contributed by atoms with Crippen LogP contribution in [0, 0.1) is 0 Å². The van der Waals surface area contributed by atoms with Crippen molar-refractivity contribution in [3.8, 4) is 0 Å². The van der Waals surface area contributed by atoms with Crippen molar-refractivity contribution in [2.45, 2.75) is 11.8 Å². The molecule has 0 aliphatic heterocycles. The summed E-state index contributed by atoms with van der Waals surface area (Å²) >= 11 is 5.79. The number of carbonyl (C=O) groups excluding carboxylic acids is 1. The topological polar surface area (TPSA) is 91.8 Å². The molecule has 0 unspecified atom stereocenters. The van der Waals surface area contributed by atoms with E-state index < -0.39 is 28.3 Å². The first-order chi connectivity index (χ1) is 9.16. The average molecular weight is 320 g/mol. The first kappa shape index (κ1) is 16.5. The number of carbonyl (C=O) groups is 2. The summed E-state index contributed by atoms with van der Waals surface area (Å²) in [6.07, 6.45) is 0.983. The lowest BCUT2D eigenvalue weighted by molar-refractivity contribution is -0.137. The Morgan fingerprint density at radius 2 is 1.95 bits per heavy atom. The third-order valence-electron chi connectivity index (χ3n) is 2.57. The van der Waals surface area contributed by atoms with E-state index in [0.29, 0.717) is 0 Å². The monoisotopic (exact) mass is 319 g/mol. The van der Waals surface area contributed by atoms with Gasteiger partial charge in [-0.3, -0.25) is 9.59 Å². The molecule has 1 aromatic rings. The van der Waals surface area contributed by atoms with Gasteiger partial charge in [-0.2, -0.15) is 0 Å². The van der Waals surface area contributed by atoms with Crippen molar-refractivity contribution in [3.63, 3.8) is 0 Å². The van der Waals surface area contributed by atoms with Crippen molar-refractivity contribution in [3.05, 3.63) is 28.8 Å². The largest absolute Gasteiger partial charge is 0.480 e. The molecule has 0 aliphatic rings. The molecule has 1 amide bonds. The third kappa shape index (κ3) is 3.94. The molecule has 110 valence electrons. The molecule has 6 nitrogen and oxygen atoms in total. The minimum atomic E-state index is -3.56. The Kier molecular flexibility index (Phi) is 5.13. The number of halogens is 1. The molecule has 0 aliphatic carbocycles. The lowest BCUT2D eigenvalue weighted by Gasteiger charge is -2.19. The highest BCUT2D eigenvalue weighted by Crippen LogP contribution is 2.23. The number of hydrogen-bond donors (Lipinski definition) is 1. The van der Waals surface area contributed by atoms with Crippen molar-refractivity contribution in [2.24, 2.45) is 0 Å². The van der Waals surface area contributed by atoms with Gasteiger partial charge in [-0.25, -0.2) is 8.42 Å². The molecule has 8 heteroatoms. The molecular formula is C12H14ClNO5S. The Hall–Kier alpha value is -1.60. The van der Waals surface area contributed by atoms with Crippen LogP contribution in [-0.2, 0) is 14.6 Å². The number of carboxylic acids is 1. The Morgan fingerprint density at radius 1 is 1.35 bits per heavy atom. The molecule has 0 radical (unpaired) electrons. The molecule has 1 N–H and O–H groups in total. The summed E-state index contributed by atoms with van der Waals surface area (Å²) in [5.74, 6) is -1.70. The van der Waals surface area contributed by atoms with E-state index in [4.69, 9.17) is 16.7 Å². The highest BCUT2D eigenvalue weighted by molar-refractivity contribution is 7.90. The highest BCUT2D eigenvalue weighted by Gasteiger charge is 2.20.